The van der Waals surface area contributed by atoms with E-state index >= 15 is 0 Å². The smallest absolute Gasteiger partial charge is 0.253 e. The lowest BCUT2D eigenvalue weighted by molar-refractivity contribution is 0.0629. The molecular formula is C18H24N4O. The first kappa shape index (κ1) is 16.9. The van der Waals surface area contributed by atoms with Gasteiger partial charge in [0.2, 0.25) is 5.95 Å². The van der Waals surface area contributed by atoms with E-state index in [-0.39, 0.29) is 17.4 Å². The number of carbonyl (C=O) groups excluding carboxylic acids is 1. The van der Waals surface area contributed by atoms with Crippen LogP contribution >= 0.6 is 0 Å². The summed E-state index contributed by atoms with van der Waals surface area (Å²) in [5.41, 5.74) is 1.46. The number of anilines is 2. The van der Waals surface area contributed by atoms with Gasteiger partial charge in [-0.1, -0.05) is 26.8 Å². The first-order chi connectivity index (χ1) is 10.8. The molecule has 2 aromatic rings. The van der Waals surface area contributed by atoms with Crippen molar-refractivity contribution in [2.45, 2.75) is 33.7 Å². The quantitative estimate of drug-likeness (QED) is 0.934. The fourth-order valence-corrected chi connectivity index (χ4v) is 2.18. The average molecular weight is 312 g/mol. The van der Waals surface area contributed by atoms with Crippen LogP contribution in [0, 0.1) is 5.41 Å². The summed E-state index contributed by atoms with van der Waals surface area (Å²) in [5, 5.41) is 3.10. The normalized spacial score (nSPS) is 12.6. The van der Waals surface area contributed by atoms with Gasteiger partial charge in [-0.05, 0) is 36.6 Å². The maximum Gasteiger partial charge on any atom is 0.253 e. The predicted octanol–water partition coefficient (Wildman–Crippen LogP) is 3.73. The Morgan fingerprint density at radius 3 is 2.43 bits per heavy atom. The summed E-state index contributed by atoms with van der Waals surface area (Å²) in [6.45, 7) is 8.46. The number of benzene rings is 1. The molecule has 0 radical (unpaired) electrons. The molecule has 23 heavy (non-hydrogen) atoms. The van der Waals surface area contributed by atoms with Crippen LogP contribution in [-0.4, -0.2) is 33.9 Å². The van der Waals surface area contributed by atoms with Crippen molar-refractivity contribution in [2.24, 2.45) is 5.41 Å². The van der Waals surface area contributed by atoms with E-state index in [0.717, 1.165) is 5.69 Å². The van der Waals surface area contributed by atoms with Crippen LogP contribution in [-0.2, 0) is 0 Å². The molecule has 5 heteroatoms. The minimum atomic E-state index is 0.00468. The zero-order chi connectivity index (χ0) is 17.0. The van der Waals surface area contributed by atoms with E-state index < -0.39 is 0 Å². The van der Waals surface area contributed by atoms with E-state index in [2.05, 4.69) is 43.0 Å². The Kier molecular flexibility index (Phi) is 4.98. The van der Waals surface area contributed by atoms with Crippen LogP contribution in [0.2, 0.25) is 0 Å². The first-order valence-corrected chi connectivity index (χ1v) is 7.70. The highest BCUT2D eigenvalue weighted by Crippen LogP contribution is 2.25. The standard InChI is InChI=1S/C18H24N4O/c1-13(18(2,3)4)22(5)16(23)14-8-6-9-15(12-14)21-17-19-10-7-11-20-17/h6-13H,1-5H3,(H,19,20,21). The van der Waals surface area contributed by atoms with Crippen LogP contribution in [0.4, 0.5) is 11.6 Å². The first-order valence-electron chi connectivity index (χ1n) is 7.70. The maximum absolute atomic E-state index is 12.7. The van der Waals surface area contributed by atoms with Gasteiger partial charge in [-0.15, -0.1) is 0 Å². The second-order valence-electron chi connectivity index (χ2n) is 6.74. The van der Waals surface area contributed by atoms with E-state index in [1.54, 1.807) is 23.4 Å². The van der Waals surface area contributed by atoms with Crippen LogP contribution < -0.4 is 5.32 Å². The molecule has 0 aliphatic heterocycles. The molecule has 0 saturated heterocycles. The SMILES string of the molecule is CC(N(C)C(=O)c1cccc(Nc2ncccn2)c1)C(C)(C)C. The van der Waals surface area contributed by atoms with Crippen LogP contribution in [0.1, 0.15) is 38.1 Å². The fourth-order valence-electron chi connectivity index (χ4n) is 2.18. The van der Waals surface area contributed by atoms with Crippen LogP contribution in [0.25, 0.3) is 0 Å². The second kappa shape index (κ2) is 6.77. The van der Waals surface area contributed by atoms with Crippen molar-refractivity contribution in [1.82, 2.24) is 14.9 Å². The fraction of sp³-hybridized carbons (Fsp3) is 0.389. The lowest BCUT2D eigenvalue weighted by Crippen LogP contribution is -2.42. The molecule has 0 aliphatic rings. The monoisotopic (exact) mass is 312 g/mol. The Hall–Kier alpha value is -2.43. The van der Waals surface area contributed by atoms with Gasteiger partial charge in [0.15, 0.2) is 0 Å². The van der Waals surface area contributed by atoms with Gasteiger partial charge in [0.1, 0.15) is 0 Å². The molecule has 0 bridgehead atoms. The molecule has 0 aliphatic carbocycles. The molecule has 1 atom stereocenters. The molecule has 1 heterocycles. The predicted molar refractivity (Wildman–Crippen MR) is 92.8 cm³/mol. The van der Waals surface area contributed by atoms with Gasteiger partial charge in [0.25, 0.3) is 5.91 Å². The summed E-state index contributed by atoms with van der Waals surface area (Å²) < 4.78 is 0. The number of nitrogens with zero attached hydrogens (tertiary/aromatic N) is 3. The van der Waals surface area contributed by atoms with Gasteiger partial charge < -0.3 is 10.2 Å². The van der Waals surface area contributed by atoms with Crippen LogP contribution in [0.5, 0.6) is 0 Å². The topological polar surface area (TPSA) is 58.1 Å². The van der Waals surface area contributed by atoms with Gasteiger partial charge in [0.05, 0.1) is 0 Å². The van der Waals surface area contributed by atoms with Gasteiger partial charge in [-0.2, -0.15) is 0 Å². The molecule has 2 rings (SSSR count). The highest BCUT2D eigenvalue weighted by atomic mass is 16.2. The summed E-state index contributed by atoms with van der Waals surface area (Å²) in [5.74, 6) is 0.513. The molecule has 1 N–H and O–H groups in total. The lowest BCUT2D eigenvalue weighted by Gasteiger charge is -2.35. The number of carbonyl (C=O) groups is 1. The van der Waals surface area contributed by atoms with Crippen molar-refractivity contribution < 1.29 is 4.79 Å². The Labute approximate surface area is 137 Å². The molecule has 1 aromatic carbocycles. The van der Waals surface area contributed by atoms with E-state index in [9.17, 15) is 4.79 Å². The lowest BCUT2D eigenvalue weighted by atomic mass is 9.87. The molecule has 1 unspecified atom stereocenters. The summed E-state index contributed by atoms with van der Waals surface area (Å²) in [6.07, 6.45) is 3.34. The van der Waals surface area contributed by atoms with Gasteiger partial charge in [-0.3, -0.25) is 4.79 Å². The minimum Gasteiger partial charge on any atom is -0.338 e. The van der Waals surface area contributed by atoms with Crippen molar-refractivity contribution >= 4 is 17.5 Å². The van der Waals surface area contributed by atoms with Gasteiger partial charge in [0, 0.05) is 36.7 Å². The summed E-state index contributed by atoms with van der Waals surface area (Å²) in [7, 11) is 1.85. The molecule has 0 spiro atoms. The summed E-state index contributed by atoms with van der Waals surface area (Å²) in [4.78, 5) is 22.7. The molecule has 1 aromatic heterocycles. The highest BCUT2D eigenvalue weighted by Gasteiger charge is 2.27. The van der Waals surface area contributed by atoms with Gasteiger partial charge in [-0.25, -0.2) is 9.97 Å². The number of nitrogens with one attached hydrogen (secondary N) is 1. The van der Waals surface area contributed by atoms with Crippen molar-refractivity contribution in [3.8, 4) is 0 Å². The third-order valence-electron chi connectivity index (χ3n) is 4.09. The second-order valence-corrected chi connectivity index (χ2v) is 6.74. The zero-order valence-electron chi connectivity index (χ0n) is 14.4. The Morgan fingerprint density at radius 1 is 1.17 bits per heavy atom. The molecule has 122 valence electrons. The number of hydrogen-bond acceptors (Lipinski definition) is 4. The van der Waals surface area contributed by atoms with E-state index in [0.29, 0.717) is 11.5 Å². The van der Waals surface area contributed by atoms with Crippen LogP contribution in [0.15, 0.2) is 42.7 Å². The van der Waals surface area contributed by atoms with E-state index in [1.165, 1.54) is 0 Å². The molecule has 0 fully saturated rings. The Balaban J connectivity index is 2.17. The van der Waals surface area contributed by atoms with Crippen molar-refractivity contribution in [3.63, 3.8) is 0 Å². The minimum absolute atomic E-state index is 0.00468. The largest absolute Gasteiger partial charge is 0.338 e. The van der Waals surface area contributed by atoms with Crippen LogP contribution in [0.3, 0.4) is 0 Å². The Morgan fingerprint density at radius 2 is 1.83 bits per heavy atom. The number of amides is 1. The molecule has 1 amide bonds. The summed E-state index contributed by atoms with van der Waals surface area (Å²) in [6, 6.07) is 9.28. The van der Waals surface area contributed by atoms with Crippen molar-refractivity contribution in [3.05, 3.63) is 48.3 Å². The van der Waals surface area contributed by atoms with E-state index in [4.69, 9.17) is 0 Å². The molecule has 5 nitrogen and oxygen atoms in total. The van der Waals surface area contributed by atoms with Crippen molar-refractivity contribution in [1.29, 1.82) is 0 Å². The number of hydrogen-bond donors (Lipinski definition) is 1. The average Bonchev–Trinajstić information content (AvgIpc) is 2.53. The van der Waals surface area contributed by atoms with Crippen molar-refractivity contribution in [2.75, 3.05) is 12.4 Å². The van der Waals surface area contributed by atoms with Gasteiger partial charge >= 0.3 is 0 Å². The number of aromatic nitrogens is 2. The van der Waals surface area contributed by atoms with E-state index in [1.807, 2.05) is 31.3 Å². The molecular weight excluding hydrogens is 288 g/mol. The maximum atomic E-state index is 12.7. The Bertz CT molecular complexity index is 664. The number of rotatable bonds is 4. The third kappa shape index (κ3) is 4.28. The highest BCUT2D eigenvalue weighted by molar-refractivity contribution is 5.95. The third-order valence-corrected chi connectivity index (χ3v) is 4.09. The molecule has 0 saturated carbocycles. The summed E-state index contributed by atoms with van der Waals surface area (Å²) >= 11 is 0. The zero-order valence-corrected chi connectivity index (χ0v) is 14.4.